The molecule has 5 rings (SSSR count). The zero-order chi connectivity index (χ0) is 27.4. The Morgan fingerprint density at radius 3 is 2.46 bits per heavy atom. The summed E-state index contributed by atoms with van der Waals surface area (Å²) in [4.78, 5) is 29.4. The summed E-state index contributed by atoms with van der Waals surface area (Å²) in [5, 5.41) is 11.0. The molecule has 0 aliphatic carbocycles. The SMILES string of the molecule is CC(C)(C)OC(=O)N1CCN(c2cccc(C(=O)Nc3n[nH]c4ccc(OCc5ccccc5)cc34)c2)CC1. The molecule has 2 N–H and O–H groups in total. The lowest BCUT2D eigenvalue weighted by Crippen LogP contribution is -2.50. The topological polar surface area (TPSA) is 99.8 Å². The number of hydrogen-bond acceptors (Lipinski definition) is 6. The normalized spacial score (nSPS) is 13.8. The minimum atomic E-state index is -0.522. The molecule has 0 bridgehead atoms. The van der Waals surface area contributed by atoms with Gasteiger partial charge in [-0.1, -0.05) is 36.4 Å². The molecule has 1 aromatic heterocycles. The standard InChI is InChI=1S/C30H33N5O4/c1-30(2,3)39-29(37)35-16-14-34(15-17-35)23-11-7-10-22(18-23)28(36)31-27-25-19-24(12-13-26(25)32-33-27)38-20-21-8-5-4-6-9-21/h4-13,18-19H,14-17,20H2,1-3H3,(H2,31,32,33,36). The van der Waals surface area contributed by atoms with Gasteiger partial charge in [0.25, 0.3) is 5.91 Å². The van der Waals surface area contributed by atoms with Gasteiger partial charge in [-0.3, -0.25) is 9.89 Å². The average Bonchev–Trinajstić information content (AvgIpc) is 3.33. The Hall–Kier alpha value is -4.53. The van der Waals surface area contributed by atoms with Gasteiger partial charge >= 0.3 is 6.09 Å². The average molecular weight is 528 g/mol. The lowest BCUT2D eigenvalue weighted by Gasteiger charge is -2.36. The van der Waals surface area contributed by atoms with Crippen LogP contribution in [0.3, 0.4) is 0 Å². The van der Waals surface area contributed by atoms with Gasteiger partial charge in [0.15, 0.2) is 5.82 Å². The van der Waals surface area contributed by atoms with Gasteiger partial charge in [0, 0.05) is 42.8 Å². The maximum atomic E-state index is 13.2. The highest BCUT2D eigenvalue weighted by molar-refractivity contribution is 6.08. The van der Waals surface area contributed by atoms with Gasteiger partial charge in [-0.15, -0.1) is 0 Å². The van der Waals surface area contributed by atoms with Crippen molar-refractivity contribution < 1.29 is 19.1 Å². The molecule has 0 saturated carbocycles. The van der Waals surface area contributed by atoms with Gasteiger partial charge in [0.2, 0.25) is 0 Å². The van der Waals surface area contributed by atoms with Crippen molar-refractivity contribution in [3.63, 3.8) is 0 Å². The van der Waals surface area contributed by atoms with Gasteiger partial charge in [-0.05, 0) is 62.7 Å². The molecule has 1 fully saturated rings. The zero-order valence-corrected chi connectivity index (χ0v) is 22.4. The Kier molecular flexibility index (Phi) is 7.40. The first-order chi connectivity index (χ1) is 18.7. The molecule has 9 heteroatoms. The lowest BCUT2D eigenvalue weighted by atomic mass is 10.1. The maximum absolute atomic E-state index is 13.2. The number of carbonyl (C=O) groups excluding carboxylic acids is 2. The largest absolute Gasteiger partial charge is 0.489 e. The number of aromatic amines is 1. The lowest BCUT2D eigenvalue weighted by molar-refractivity contribution is 0.0240. The van der Waals surface area contributed by atoms with E-state index >= 15 is 0 Å². The minimum Gasteiger partial charge on any atom is -0.489 e. The van der Waals surface area contributed by atoms with Crippen LogP contribution in [0.5, 0.6) is 5.75 Å². The Morgan fingerprint density at radius 2 is 1.72 bits per heavy atom. The van der Waals surface area contributed by atoms with E-state index < -0.39 is 5.60 Å². The van der Waals surface area contributed by atoms with E-state index in [9.17, 15) is 9.59 Å². The summed E-state index contributed by atoms with van der Waals surface area (Å²) < 4.78 is 11.4. The van der Waals surface area contributed by atoms with Gasteiger partial charge in [-0.2, -0.15) is 5.10 Å². The third-order valence-corrected chi connectivity index (χ3v) is 6.42. The predicted molar refractivity (Wildman–Crippen MR) is 151 cm³/mol. The summed E-state index contributed by atoms with van der Waals surface area (Å²) in [6.45, 7) is 8.45. The van der Waals surface area contributed by atoms with Crippen LogP contribution in [0, 0.1) is 0 Å². The quantitative estimate of drug-likeness (QED) is 0.346. The summed E-state index contributed by atoms with van der Waals surface area (Å²) in [6.07, 6.45) is -0.296. The number of piperazine rings is 1. The minimum absolute atomic E-state index is 0.256. The van der Waals surface area contributed by atoms with Crippen LogP contribution in [-0.2, 0) is 11.3 Å². The van der Waals surface area contributed by atoms with Crippen molar-refractivity contribution in [1.29, 1.82) is 0 Å². The third-order valence-electron chi connectivity index (χ3n) is 6.42. The molecule has 4 aromatic rings. The van der Waals surface area contributed by atoms with Crippen LogP contribution in [0.4, 0.5) is 16.3 Å². The van der Waals surface area contributed by atoms with Crippen molar-refractivity contribution in [1.82, 2.24) is 15.1 Å². The molecule has 1 aliphatic rings. The number of carbonyl (C=O) groups is 2. The number of hydrogen-bond donors (Lipinski definition) is 2. The van der Waals surface area contributed by atoms with Gasteiger partial charge < -0.3 is 24.6 Å². The Bertz CT molecular complexity index is 1450. The van der Waals surface area contributed by atoms with E-state index in [2.05, 4.69) is 20.4 Å². The van der Waals surface area contributed by atoms with E-state index in [0.29, 0.717) is 49.9 Å². The van der Waals surface area contributed by atoms with Crippen molar-refractivity contribution in [3.8, 4) is 5.75 Å². The van der Waals surface area contributed by atoms with Crippen LogP contribution in [0.2, 0.25) is 0 Å². The molecule has 0 radical (unpaired) electrons. The molecule has 0 unspecified atom stereocenters. The number of ether oxygens (including phenoxy) is 2. The molecular formula is C30H33N5O4. The molecule has 0 atom stereocenters. The second-order valence-electron chi connectivity index (χ2n) is 10.5. The second kappa shape index (κ2) is 11.1. The number of aromatic nitrogens is 2. The molecule has 2 heterocycles. The first-order valence-corrected chi connectivity index (χ1v) is 13.0. The third kappa shape index (κ3) is 6.49. The number of rotatable bonds is 6. The van der Waals surface area contributed by atoms with Crippen LogP contribution in [-0.4, -0.2) is 58.9 Å². The number of amides is 2. The highest BCUT2D eigenvalue weighted by Gasteiger charge is 2.26. The smallest absolute Gasteiger partial charge is 0.410 e. The van der Waals surface area contributed by atoms with Crippen LogP contribution >= 0.6 is 0 Å². The first-order valence-electron chi connectivity index (χ1n) is 13.0. The molecule has 202 valence electrons. The molecular weight excluding hydrogens is 494 g/mol. The second-order valence-corrected chi connectivity index (χ2v) is 10.5. The van der Waals surface area contributed by atoms with Crippen molar-refractivity contribution in [3.05, 3.63) is 83.9 Å². The highest BCUT2D eigenvalue weighted by atomic mass is 16.6. The van der Waals surface area contributed by atoms with E-state index in [-0.39, 0.29) is 12.0 Å². The molecule has 9 nitrogen and oxygen atoms in total. The maximum Gasteiger partial charge on any atom is 0.410 e. The number of benzene rings is 3. The monoisotopic (exact) mass is 527 g/mol. The van der Waals surface area contributed by atoms with Gasteiger partial charge in [-0.25, -0.2) is 4.79 Å². The van der Waals surface area contributed by atoms with Crippen molar-refractivity contribution in [2.24, 2.45) is 0 Å². The van der Waals surface area contributed by atoms with Crippen LogP contribution < -0.4 is 15.0 Å². The van der Waals surface area contributed by atoms with Crippen LogP contribution in [0.25, 0.3) is 10.9 Å². The molecule has 0 spiro atoms. The van der Waals surface area contributed by atoms with Gasteiger partial charge in [0.1, 0.15) is 18.0 Å². The van der Waals surface area contributed by atoms with Crippen LogP contribution in [0.1, 0.15) is 36.7 Å². The van der Waals surface area contributed by atoms with E-state index in [0.717, 1.165) is 22.2 Å². The number of nitrogens with one attached hydrogen (secondary N) is 2. The number of nitrogens with zero attached hydrogens (tertiary/aromatic N) is 3. The Balaban J connectivity index is 1.23. The fourth-order valence-corrected chi connectivity index (χ4v) is 4.42. The molecule has 2 amide bonds. The molecule has 3 aromatic carbocycles. The molecule has 1 aliphatic heterocycles. The van der Waals surface area contributed by atoms with Gasteiger partial charge in [0.05, 0.1) is 5.52 Å². The van der Waals surface area contributed by atoms with Crippen molar-refractivity contribution in [2.75, 3.05) is 36.4 Å². The summed E-state index contributed by atoms with van der Waals surface area (Å²) in [7, 11) is 0. The summed E-state index contributed by atoms with van der Waals surface area (Å²) in [5.41, 5.74) is 2.80. The van der Waals surface area contributed by atoms with E-state index in [1.54, 1.807) is 11.0 Å². The Morgan fingerprint density at radius 1 is 0.949 bits per heavy atom. The number of H-pyrrole nitrogens is 1. The summed E-state index contributed by atoms with van der Waals surface area (Å²) in [5.74, 6) is 0.876. The fraction of sp³-hybridized carbons (Fsp3) is 0.300. The zero-order valence-electron chi connectivity index (χ0n) is 22.4. The summed E-state index contributed by atoms with van der Waals surface area (Å²) >= 11 is 0. The first kappa shape index (κ1) is 26.1. The number of fused-ring (bicyclic) bond motifs is 1. The van der Waals surface area contributed by atoms with E-state index in [4.69, 9.17) is 9.47 Å². The Labute approximate surface area is 227 Å². The molecule has 1 saturated heterocycles. The number of anilines is 2. The van der Waals surface area contributed by atoms with E-state index in [1.165, 1.54) is 0 Å². The van der Waals surface area contributed by atoms with Crippen molar-refractivity contribution >= 4 is 34.4 Å². The molecule has 39 heavy (non-hydrogen) atoms. The van der Waals surface area contributed by atoms with Crippen LogP contribution in [0.15, 0.2) is 72.8 Å². The van der Waals surface area contributed by atoms with Crippen molar-refractivity contribution in [2.45, 2.75) is 33.0 Å². The summed E-state index contributed by atoms with van der Waals surface area (Å²) in [6, 6.07) is 23.1. The van der Waals surface area contributed by atoms with E-state index in [1.807, 2.05) is 87.5 Å². The predicted octanol–water partition coefficient (Wildman–Crippen LogP) is 5.45. The highest BCUT2D eigenvalue weighted by Crippen LogP contribution is 2.27. The fourth-order valence-electron chi connectivity index (χ4n) is 4.42.